The second-order valence-electron chi connectivity index (χ2n) is 4.88. The van der Waals surface area contributed by atoms with Gasteiger partial charge in [-0.15, -0.1) is 11.3 Å². The minimum absolute atomic E-state index is 0.0741. The van der Waals surface area contributed by atoms with Crippen molar-refractivity contribution in [2.75, 3.05) is 39.6 Å². The first-order chi connectivity index (χ1) is 10.9. The van der Waals surface area contributed by atoms with Crippen molar-refractivity contribution >= 4 is 11.3 Å². The van der Waals surface area contributed by atoms with Crippen molar-refractivity contribution in [3.8, 4) is 0 Å². The molecule has 1 rings (SSSR count). The molecule has 2 N–H and O–H groups in total. The van der Waals surface area contributed by atoms with Crippen molar-refractivity contribution in [2.45, 2.75) is 24.8 Å². The number of aliphatic hydroxyl groups excluding tert-OH is 2. The third-order valence-corrected chi connectivity index (χ3v) is 3.52. The lowest BCUT2D eigenvalue weighted by Crippen LogP contribution is -2.29. The molecule has 2 atom stereocenters. The molecule has 23 heavy (non-hydrogen) atoms. The Morgan fingerprint density at radius 1 is 1.00 bits per heavy atom. The zero-order valence-electron chi connectivity index (χ0n) is 12.5. The fourth-order valence-corrected chi connectivity index (χ4v) is 2.28. The van der Waals surface area contributed by atoms with E-state index >= 15 is 0 Å². The van der Waals surface area contributed by atoms with Gasteiger partial charge in [-0.2, -0.15) is 13.2 Å². The number of rotatable bonds is 12. The highest BCUT2D eigenvalue weighted by molar-refractivity contribution is 7.09. The molecular formula is C14H21F3O5S. The number of hydrogen-bond acceptors (Lipinski definition) is 6. The SMILES string of the molecule is OC(COCCc1cccs1)COCC(O)COCC(F)(F)F. The van der Waals surface area contributed by atoms with E-state index in [-0.39, 0.29) is 19.8 Å². The molecule has 1 aromatic rings. The lowest BCUT2D eigenvalue weighted by molar-refractivity contribution is -0.181. The first-order valence-corrected chi connectivity index (χ1v) is 7.93. The molecule has 0 spiro atoms. The molecule has 0 bridgehead atoms. The van der Waals surface area contributed by atoms with E-state index in [9.17, 15) is 23.4 Å². The molecule has 2 unspecified atom stereocenters. The van der Waals surface area contributed by atoms with E-state index in [0.717, 1.165) is 6.42 Å². The van der Waals surface area contributed by atoms with E-state index < -0.39 is 31.6 Å². The molecule has 1 aromatic heterocycles. The van der Waals surface area contributed by atoms with Crippen LogP contribution in [0.4, 0.5) is 13.2 Å². The van der Waals surface area contributed by atoms with Gasteiger partial charge in [0, 0.05) is 11.3 Å². The highest BCUT2D eigenvalue weighted by Gasteiger charge is 2.27. The Morgan fingerprint density at radius 3 is 2.17 bits per heavy atom. The number of hydrogen-bond donors (Lipinski definition) is 2. The molecular weight excluding hydrogens is 337 g/mol. The maximum atomic E-state index is 11.8. The van der Waals surface area contributed by atoms with Gasteiger partial charge in [0.15, 0.2) is 0 Å². The van der Waals surface area contributed by atoms with Crippen LogP contribution in [0.2, 0.25) is 0 Å². The van der Waals surface area contributed by atoms with E-state index in [2.05, 4.69) is 4.74 Å². The van der Waals surface area contributed by atoms with Crippen molar-refractivity contribution in [2.24, 2.45) is 0 Å². The molecule has 0 saturated heterocycles. The maximum absolute atomic E-state index is 11.8. The molecule has 9 heteroatoms. The fraction of sp³-hybridized carbons (Fsp3) is 0.714. The smallest absolute Gasteiger partial charge is 0.388 e. The summed E-state index contributed by atoms with van der Waals surface area (Å²) in [5.74, 6) is 0. The van der Waals surface area contributed by atoms with Crippen LogP contribution in [0.1, 0.15) is 4.88 Å². The molecule has 134 valence electrons. The van der Waals surface area contributed by atoms with Crippen molar-refractivity contribution < 1.29 is 37.6 Å². The summed E-state index contributed by atoms with van der Waals surface area (Å²) in [4.78, 5) is 1.19. The van der Waals surface area contributed by atoms with Gasteiger partial charge in [0.1, 0.15) is 18.8 Å². The van der Waals surface area contributed by atoms with Gasteiger partial charge in [0.2, 0.25) is 0 Å². The maximum Gasteiger partial charge on any atom is 0.411 e. The third kappa shape index (κ3) is 11.5. The second kappa shape index (κ2) is 11.0. The average molecular weight is 358 g/mol. The van der Waals surface area contributed by atoms with Crippen molar-refractivity contribution in [3.63, 3.8) is 0 Å². The standard InChI is InChI=1S/C14H21F3O5S/c15-14(16,17)10-22-9-12(19)8-21-7-11(18)6-20-4-3-13-2-1-5-23-13/h1-2,5,11-12,18-19H,3-4,6-10H2. The van der Waals surface area contributed by atoms with Crippen molar-refractivity contribution in [1.29, 1.82) is 0 Å². The Labute approximate surface area is 136 Å². The monoisotopic (exact) mass is 358 g/mol. The predicted molar refractivity (Wildman–Crippen MR) is 78.5 cm³/mol. The summed E-state index contributed by atoms with van der Waals surface area (Å²) in [6, 6.07) is 3.95. The van der Waals surface area contributed by atoms with E-state index in [0.29, 0.717) is 6.61 Å². The Hall–Kier alpha value is -0.710. The number of thiophene rings is 1. The second-order valence-corrected chi connectivity index (χ2v) is 5.91. The third-order valence-electron chi connectivity index (χ3n) is 2.58. The highest BCUT2D eigenvalue weighted by atomic mass is 32.1. The Kier molecular flexibility index (Phi) is 9.68. The van der Waals surface area contributed by atoms with E-state index in [4.69, 9.17) is 9.47 Å². The van der Waals surface area contributed by atoms with Crippen LogP contribution in [-0.2, 0) is 20.6 Å². The molecule has 0 saturated carbocycles. The van der Waals surface area contributed by atoms with Crippen LogP contribution in [0.5, 0.6) is 0 Å². The number of aliphatic hydroxyl groups is 2. The Morgan fingerprint density at radius 2 is 1.61 bits per heavy atom. The minimum Gasteiger partial charge on any atom is -0.388 e. The first-order valence-electron chi connectivity index (χ1n) is 7.05. The minimum atomic E-state index is -4.42. The summed E-state index contributed by atoms with van der Waals surface area (Å²) in [5.41, 5.74) is 0. The molecule has 0 amide bonds. The van der Waals surface area contributed by atoms with Crippen LogP contribution >= 0.6 is 11.3 Å². The van der Waals surface area contributed by atoms with Crippen molar-refractivity contribution in [3.05, 3.63) is 22.4 Å². The van der Waals surface area contributed by atoms with Gasteiger partial charge in [-0.05, 0) is 11.4 Å². The summed E-state index contributed by atoms with van der Waals surface area (Å²) in [6.45, 7) is -1.62. The topological polar surface area (TPSA) is 68.2 Å². The summed E-state index contributed by atoms with van der Waals surface area (Å²) < 4.78 is 50.0. The molecule has 0 aliphatic heterocycles. The van der Waals surface area contributed by atoms with Gasteiger partial charge in [0.05, 0.1) is 33.0 Å². The van der Waals surface area contributed by atoms with Gasteiger partial charge < -0.3 is 24.4 Å². The lowest BCUT2D eigenvalue weighted by Gasteiger charge is -2.15. The molecule has 5 nitrogen and oxygen atoms in total. The highest BCUT2D eigenvalue weighted by Crippen LogP contribution is 2.14. The summed E-state index contributed by atoms with van der Waals surface area (Å²) >= 11 is 1.63. The molecule has 0 aromatic carbocycles. The molecule has 0 aliphatic carbocycles. The zero-order chi connectivity index (χ0) is 17.1. The summed E-state index contributed by atoms with van der Waals surface area (Å²) in [6.07, 6.45) is -5.69. The number of halogens is 3. The fourth-order valence-electron chi connectivity index (χ4n) is 1.59. The number of alkyl halides is 3. The van der Waals surface area contributed by atoms with Crippen LogP contribution in [0, 0.1) is 0 Å². The molecule has 1 heterocycles. The van der Waals surface area contributed by atoms with Crippen LogP contribution in [-0.4, -0.2) is 68.2 Å². The van der Waals surface area contributed by atoms with E-state index in [1.807, 2.05) is 17.5 Å². The predicted octanol–water partition coefficient (Wildman–Crippen LogP) is 1.62. The van der Waals surface area contributed by atoms with Crippen LogP contribution in [0.15, 0.2) is 17.5 Å². The van der Waals surface area contributed by atoms with Gasteiger partial charge in [-0.3, -0.25) is 0 Å². The summed E-state index contributed by atoms with van der Waals surface area (Å²) in [7, 11) is 0. The quantitative estimate of drug-likeness (QED) is 0.556. The van der Waals surface area contributed by atoms with Crippen LogP contribution in [0.25, 0.3) is 0 Å². The van der Waals surface area contributed by atoms with Gasteiger partial charge in [-0.25, -0.2) is 0 Å². The summed E-state index contributed by atoms with van der Waals surface area (Å²) in [5, 5.41) is 20.9. The van der Waals surface area contributed by atoms with E-state index in [1.54, 1.807) is 11.3 Å². The Bertz CT molecular complexity index is 400. The van der Waals surface area contributed by atoms with E-state index in [1.165, 1.54) is 4.88 Å². The molecule has 0 aliphatic rings. The van der Waals surface area contributed by atoms with Gasteiger partial charge >= 0.3 is 6.18 Å². The normalized spacial score (nSPS) is 14.8. The zero-order valence-corrected chi connectivity index (χ0v) is 13.3. The number of ether oxygens (including phenoxy) is 3. The largest absolute Gasteiger partial charge is 0.411 e. The Balaban J connectivity index is 1.95. The van der Waals surface area contributed by atoms with Crippen LogP contribution < -0.4 is 0 Å². The first kappa shape index (κ1) is 20.3. The lowest BCUT2D eigenvalue weighted by atomic mass is 10.3. The molecule has 0 radical (unpaired) electrons. The van der Waals surface area contributed by atoms with Crippen LogP contribution in [0.3, 0.4) is 0 Å². The molecule has 0 fully saturated rings. The van der Waals surface area contributed by atoms with Gasteiger partial charge in [-0.1, -0.05) is 6.07 Å². The van der Waals surface area contributed by atoms with Crippen molar-refractivity contribution in [1.82, 2.24) is 0 Å². The average Bonchev–Trinajstić information content (AvgIpc) is 2.95. The van der Waals surface area contributed by atoms with Gasteiger partial charge in [0.25, 0.3) is 0 Å².